The number of aryl methyl sites for hydroxylation is 1. The Hall–Kier alpha value is -1.65. The van der Waals surface area contributed by atoms with Crippen LogP contribution in [0.1, 0.15) is 29.5 Å². The first-order valence-corrected chi connectivity index (χ1v) is 8.17. The van der Waals surface area contributed by atoms with E-state index in [2.05, 4.69) is 46.3 Å². The lowest BCUT2D eigenvalue weighted by Crippen LogP contribution is -2.33. The maximum atomic E-state index is 5.82. The van der Waals surface area contributed by atoms with Crippen molar-refractivity contribution in [3.8, 4) is 0 Å². The van der Waals surface area contributed by atoms with E-state index in [0.29, 0.717) is 6.10 Å². The van der Waals surface area contributed by atoms with Gasteiger partial charge < -0.3 is 4.74 Å². The molecule has 2 aromatic rings. The molecule has 0 amide bonds. The molecule has 118 valence electrons. The highest BCUT2D eigenvalue weighted by Crippen LogP contribution is 2.16. The maximum Gasteiger partial charge on any atom is 0.0702 e. The molecule has 0 bridgehead atoms. The van der Waals surface area contributed by atoms with E-state index in [1.807, 2.05) is 12.4 Å². The van der Waals surface area contributed by atoms with Crippen LogP contribution in [0.5, 0.6) is 0 Å². The van der Waals surface area contributed by atoms with Gasteiger partial charge in [-0.05, 0) is 37.3 Å². The first-order chi connectivity index (χ1) is 10.8. The lowest BCUT2D eigenvalue weighted by molar-refractivity contribution is 0.0709. The van der Waals surface area contributed by atoms with E-state index in [1.165, 1.54) is 29.5 Å². The molecular formula is C18H25N3O. The lowest BCUT2D eigenvalue weighted by atomic mass is 10.1. The standard InChI is InChI=1S/C18H25N3O/c1-15-4-2-5-16(10-15)13-21(14-18-6-3-9-22-18)8-7-17-11-19-20-12-17/h2,4-5,10-12,18H,3,6-9,13-14H2,1H3,(H,19,20). The molecule has 3 rings (SSSR count). The van der Waals surface area contributed by atoms with Crippen LogP contribution in [0.25, 0.3) is 0 Å². The molecule has 1 saturated heterocycles. The van der Waals surface area contributed by atoms with Gasteiger partial charge in [0.1, 0.15) is 0 Å². The third kappa shape index (κ3) is 4.42. The zero-order valence-corrected chi connectivity index (χ0v) is 13.3. The van der Waals surface area contributed by atoms with Crippen LogP contribution in [0.3, 0.4) is 0 Å². The number of H-pyrrole nitrogens is 1. The number of aromatic amines is 1. The summed E-state index contributed by atoms with van der Waals surface area (Å²) in [4.78, 5) is 2.51. The Labute approximate surface area is 132 Å². The highest BCUT2D eigenvalue weighted by Gasteiger charge is 2.19. The van der Waals surface area contributed by atoms with Gasteiger partial charge in [0.05, 0.1) is 12.3 Å². The second-order valence-corrected chi connectivity index (χ2v) is 6.22. The van der Waals surface area contributed by atoms with Crippen LogP contribution in [0.2, 0.25) is 0 Å². The summed E-state index contributed by atoms with van der Waals surface area (Å²) in [5.41, 5.74) is 3.97. The summed E-state index contributed by atoms with van der Waals surface area (Å²) in [5, 5.41) is 6.92. The summed E-state index contributed by atoms with van der Waals surface area (Å²) in [6.07, 6.45) is 7.71. The highest BCUT2D eigenvalue weighted by atomic mass is 16.5. The van der Waals surface area contributed by atoms with E-state index >= 15 is 0 Å². The number of hydrogen-bond donors (Lipinski definition) is 1. The molecule has 1 atom stereocenters. The number of benzene rings is 1. The van der Waals surface area contributed by atoms with E-state index in [0.717, 1.165) is 32.7 Å². The van der Waals surface area contributed by atoms with Crippen molar-refractivity contribution in [2.24, 2.45) is 0 Å². The van der Waals surface area contributed by atoms with Crippen LogP contribution in [-0.4, -0.2) is 40.9 Å². The average Bonchev–Trinajstić information content (AvgIpc) is 3.18. The lowest BCUT2D eigenvalue weighted by Gasteiger charge is -2.25. The van der Waals surface area contributed by atoms with E-state index in [4.69, 9.17) is 4.74 Å². The Balaban J connectivity index is 1.61. The summed E-state index contributed by atoms with van der Waals surface area (Å²) < 4.78 is 5.82. The SMILES string of the molecule is Cc1cccc(CN(CCc2cn[nH]c2)CC2CCCO2)c1. The number of rotatable bonds is 7. The molecule has 0 spiro atoms. The topological polar surface area (TPSA) is 41.2 Å². The van der Waals surface area contributed by atoms with Crippen molar-refractivity contribution in [2.75, 3.05) is 19.7 Å². The first kappa shape index (κ1) is 15.3. The number of aromatic nitrogens is 2. The van der Waals surface area contributed by atoms with Gasteiger partial charge in [-0.2, -0.15) is 5.10 Å². The summed E-state index contributed by atoms with van der Waals surface area (Å²) in [7, 11) is 0. The Kier molecular flexibility index (Phi) is 5.24. The van der Waals surface area contributed by atoms with Gasteiger partial charge in [0.15, 0.2) is 0 Å². The second kappa shape index (κ2) is 7.56. The molecule has 0 saturated carbocycles. The van der Waals surface area contributed by atoms with Crippen LogP contribution in [0.4, 0.5) is 0 Å². The van der Waals surface area contributed by atoms with Crippen LogP contribution >= 0.6 is 0 Å². The fraction of sp³-hybridized carbons (Fsp3) is 0.500. The molecule has 1 aliphatic rings. The maximum absolute atomic E-state index is 5.82. The van der Waals surface area contributed by atoms with Crippen molar-refractivity contribution >= 4 is 0 Å². The van der Waals surface area contributed by atoms with Gasteiger partial charge in [-0.15, -0.1) is 0 Å². The first-order valence-electron chi connectivity index (χ1n) is 8.17. The van der Waals surface area contributed by atoms with Gasteiger partial charge >= 0.3 is 0 Å². The second-order valence-electron chi connectivity index (χ2n) is 6.22. The van der Waals surface area contributed by atoms with E-state index < -0.39 is 0 Å². The average molecular weight is 299 g/mol. The largest absolute Gasteiger partial charge is 0.377 e. The molecule has 22 heavy (non-hydrogen) atoms. The van der Waals surface area contributed by atoms with Crippen molar-refractivity contribution in [3.63, 3.8) is 0 Å². The normalized spacial score (nSPS) is 18.2. The zero-order valence-electron chi connectivity index (χ0n) is 13.3. The van der Waals surface area contributed by atoms with E-state index in [9.17, 15) is 0 Å². The third-order valence-corrected chi connectivity index (χ3v) is 4.25. The van der Waals surface area contributed by atoms with Crippen molar-refractivity contribution in [2.45, 2.75) is 38.8 Å². The fourth-order valence-electron chi connectivity index (χ4n) is 3.08. The van der Waals surface area contributed by atoms with Gasteiger partial charge in [-0.1, -0.05) is 29.8 Å². The van der Waals surface area contributed by atoms with Gasteiger partial charge in [-0.3, -0.25) is 10.00 Å². The minimum Gasteiger partial charge on any atom is -0.377 e. The summed E-state index contributed by atoms with van der Waals surface area (Å²) >= 11 is 0. The van der Waals surface area contributed by atoms with Crippen molar-refractivity contribution in [1.82, 2.24) is 15.1 Å². The zero-order chi connectivity index (χ0) is 15.2. The molecule has 1 N–H and O–H groups in total. The number of hydrogen-bond acceptors (Lipinski definition) is 3. The van der Waals surface area contributed by atoms with Crippen molar-refractivity contribution in [1.29, 1.82) is 0 Å². The van der Waals surface area contributed by atoms with Crippen LogP contribution in [0.15, 0.2) is 36.7 Å². The third-order valence-electron chi connectivity index (χ3n) is 4.25. The molecule has 1 aromatic carbocycles. The van der Waals surface area contributed by atoms with Gasteiger partial charge in [0.2, 0.25) is 0 Å². The van der Waals surface area contributed by atoms with Crippen LogP contribution in [0, 0.1) is 6.92 Å². The van der Waals surface area contributed by atoms with Gasteiger partial charge in [-0.25, -0.2) is 0 Å². The molecule has 1 aromatic heterocycles. The summed E-state index contributed by atoms with van der Waals surface area (Å²) in [6.45, 7) is 6.11. The number of nitrogens with zero attached hydrogens (tertiary/aromatic N) is 2. The molecule has 4 heteroatoms. The smallest absolute Gasteiger partial charge is 0.0702 e. The molecule has 0 aliphatic carbocycles. The van der Waals surface area contributed by atoms with Crippen molar-refractivity contribution in [3.05, 3.63) is 53.3 Å². The fourth-order valence-corrected chi connectivity index (χ4v) is 3.08. The summed E-state index contributed by atoms with van der Waals surface area (Å²) in [5.74, 6) is 0. The Morgan fingerprint density at radius 1 is 1.36 bits per heavy atom. The van der Waals surface area contributed by atoms with Gasteiger partial charge in [0, 0.05) is 32.4 Å². The predicted molar refractivity (Wildman–Crippen MR) is 87.7 cm³/mol. The molecular weight excluding hydrogens is 274 g/mol. The molecule has 4 nitrogen and oxygen atoms in total. The summed E-state index contributed by atoms with van der Waals surface area (Å²) in [6, 6.07) is 8.79. The number of nitrogens with one attached hydrogen (secondary N) is 1. The minimum absolute atomic E-state index is 0.397. The molecule has 0 radical (unpaired) electrons. The molecule has 2 heterocycles. The monoisotopic (exact) mass is 299 g/mol. The highest BCUT2D eigenvalue weighted by molar-refractivity contribution is 5.22. The van der Waals surface area contributed by atoms with Crippen molar-refractivity contribution < 1.29 is 4.74 Å². The van der Waals surface area contributed by atoms with Gasteiger partial charge in [0.25, 0.3) is 0 Å². The molecule has 1 fully saturated rings. The molecule has 1 unspecified atom stereocenters. The van der Waals surface area contributed by atoms with E-state index in [-0.39, 0.29) is 0 Å². The van der Waals surface area contributed by atoms with Crippen LogP contribution < -0.4 is 0 Å². The van der Waals surface area contributed by atoms with Crippen LogP contribution in [-0.2, 0) is 17.7 Å². The number of ether oxygens (including phenoxy) is 1. The minimum atomic E-state index is 0.397. The Morgan fingerprint density at radius 3 is 3.05 bits per heavy atom. The quantitative estimate of drug-likeness (QED) is 0.854. The predicted octanol–water partition coefficient (Wildman–Crippen LogP) is 2.94. The van der Waals surface area contributed by atoms with E-state index in [1.54, 1.807) is 0 Å². The Morgan fingerprint density at radius 2 is 2.32 bits per heavy atom. The Bertz CT molecular complexity index is 561. The molecule has 1 aliphatic heterocycles.